The topological polar surface area (TPSA) is 80.2 Å². The fourth-order valence-corrected chi connectivity index (χ4v) is 3.97. The molecule has 0 saturated carbocycles. The van der Waals surface area contributed by atoms with Crippen molar-refractivity contribution >= 4 is 16.8 Å². The Morgan fingerprint density at radius 3 is 3.04 bits per heavy atom. The highest BCUT2D eigenvalue weighted by molar-refractivity contribution is 5.97. The maximum atomic E-state index is 13.1. The Kier molecular flexibility index (Phi) is 4.90. The number of carbonyl (C=O) groups excluding carboxylic acids is 1. The first-order valence-electron chi connectivity index (χ1n) is 9.62. The number of methoxy groups -OCH3 is 1. The number of piperidine rings is 1. The summed E-state index contributed by atoms with van der Waals surface area (Å²) in [6.07, 6.45) is 7.19. The molecule has 1 aliphatic heterocycles. The zero-order chi connectivity index (χ0) is 19.7. The first kappa shape index (κ1) is 18.3. The second-order valence-corrected chi connectivity index (χ2v) is 7.10. The van der Waals surface area contributed by atoms with E-state index in [9.17, 15) is 9.59 Å². The van der Waals surface area contributed by atoms with Crippen LogP contribution in [-0.2, 0) is 6.54 Å². The van der Waals surface area contributed by atoms with Gasteiger partial charge in [-0.15, -0.1) is 0 Å². The Bertz CT molecular complexity index is 1070. The normalized spacial score (nSPS) is 17.1. The van der Waals surface area contributed by atoms with Crippen LogP contribution in [0, 0.1) is 0 Å². The summed E-state index contributed by atoms with van der Waals surface area (Å²) in [4.78, 5) is 35.4. The number of aromatic nitrogens is 3. The molecular weight excluding hydrogens is 356 g/mol. The Hall–Kier alpha value is -3.09. The van der Waals surface area contributed by atoms with Crippen molar-refractivity contribution in [2.45, 2.75) is 32.2 Å². The fraction of sp³-hybridized carbons (Fsp3) is 0.381. The number of benzene rings is 1. The van der Waals surface area contributed by atoms with E-state index >= 15 is 0 Å². The molecule has 4 rings (SSSR count). The number of hydrogen-bond acceptors (Lipinski definition) is 4. The summed E-state index contributed by atoms with van der Waals surface area (Å²) in [7, 11) is 1.55. The van der Waals surface area contributed by atoms with Crippen molar-refractivity contribution in [3.05, 3.63) is 58.4 Å². The molecule has 0 unspecified atom stereocenters. The number of pyridine rings is 1. The van der Waals surface area contributed by atoms with Crippen molar-refractivity contribution in [3.63, 3.8) is 0 Å². The predicted octanol–water partition coefficient (Wildman–Crippen LogP) is 2.77. The molecule has 0 bridgehead atoms. The van der Waals surface area contributed by atoms with E-state index in [0.29, 0.717) is 29.7 Å². The minimum Gasteiger partial charge on any atom is -0.497 e. The minimum absolute atomic E-state index is 0.167. The SMILES string of the molecule is CCn1ccnc1[C@@H]1CCCN(C(=O)c2c[nH]c3ccc(OC)cc3c2=O)C1. The molecular formula is C21H24N4O3. The number of rotatable bonds is 4. The monoisotopic (exact) mass is 380 g/mol. The van der Waals surface area contributed by atoms with Crippen LogP contribution >= 0.6 is 0 Å². The van der Waals surface area contributed by atoms with E-state index in [1.54, 1.807) is 36.4 Å². The molecule has 146 valence electrons. The third-order valence-electron chi connectivity index (χ3n) is 5.48. The number of carbonyl (C=O) groups is 1. The van der Waals surface area contributed by atoms with Gasteiger partial charge in [0.05, 0.1) is 7.11 Å². The van der Waals surface area contributed by atoms with Crippen LogP contribution in [0.25, 0.3) is 10.9 Å². The smallest absolute Gasteiger partial charge is 0.259 e. The molecule has 28 heavy (non-hydrogen) atoms. The van der Waals surface area contributed by atoms with Crippen molar-refractivity contribution in [3.8, 4) is 5.75 Å². The molecule has 3 heterocycles. The Labute approximate surface area is 163 Å². The fourth-order valence-electron chi connectivity index (χ4n) is 3.97. The van der Waals surface area contributed by atoms with E-state index in [-0.39, 0.29) is 22.8 Å². The molecule has 0 aliphatic carbocycles. The number of aromatic amines is 1. The maximum Gasteiger partial charge on any atom is 0.259 e. The number of imidazole rings is 1. The lowest BCUT2D eigenvalue weighted by Crippen LogP contribution is -2.41. The third-order valence-corrected chi connectivity index (χ3v) is 5.48. The molecule has 1 saturated heterocycles. The first-order valence-corrected chi connectivity index (χ1v) is 9.62. The first-order chi connectivity index (χ1) is 13.6. The number of fused-ring (bicyclic) bond motifs is 1. The number of likely N-dealkylation sites (tertiary alicyclic amines) is 1. The second-order valence-electron chi connectivity index (χ2n) is 7.10. The van der Waals surface area contributed by atoms with Crippen LogP contribution in [0.2, 0.25) is 0 Å². The average molecular weight is 380 g/mol. The number of H-pyrrole nitrogens is 1. The van der Waals surface area contributed by atoms with Gasteiger partial charge in [-0.2, -0.15) is 0 Å². The highest BCUT2D eigenvalue weighted by Gasteiger charge is 2.29. The molecule has 1 fully saturated rings. The van der Waals surface area contributed by atoms with Crippen molar-refractivity contribution in [2.75, 3.05) is 20.2 Å². The lowest BCUT2D eigenvalue weighted by atomic mass is 9.96. The van der Waals surface area contributed by atoms with Crippen molar-refractivity contribution in [1.29, 1.82) is 0 Å². The third kappa shape index (κ3) is 3.17. The van der Waals surface area contributed by atoms with Crippen LogP contribution in [-0.4, -0.2) is 45.5 Å². The van der Waals surface area contributed by atoms with Gasteiger partial charge in [-0.25, -0.2) is 4.98 Å². The molecule has 2 aromatic heterocycles. The number of hydrogen-bond donors (Lipinski definition) is 1. The standard InChI is InChI=1S/C21H24N4O3/c1-3-24-10-8-22-20(24)14-5-4-9-25(13-14)21(27)17-12-23-18-7-6-15(28-2)11-16(18)19(17)26/h6-8,10-12,14H,3-5,9,13H2,1-2H3,(H,23,26)/t14-/m1/s1. The highest BCUT2D eigenvalue weighted by atomic mass is 16.5. The van der Waals surface area contributed by atoms with E-state index < -0.39 is 0 Å². The zero-order valence-corrected chi connectivity index (χ0v) is 16.1. The van der Waals surface area contributed by atoms with E-state index in [0.717, 1.165) is 25.2 Å². The van der Waals surface area contributed by atoms with Crippen LogP contribution in [0.4, 0.5) is 0 Å². The Morgan fingerprint density at radius 2 is 2.25 bits per heavy atom. The predicted molar refractivity (Wildman–Crippen MR) is 107 cm³/mol. The Balaban J connectivity index is 1.63. The van der Waals surface area contributed by atoms with Crippen LogP contribution in [0.15, 0.2) is 41.6 Å². The van der Waals surface area contributed by atoms with Gasteiger partial charge in [0.2, 0.25) is 5.43 Å². The number of ether oxygens (including phenoxy) is 1. The minimum atomic E-state index is -0.269. The molecule has 0 spiro atoms. The van der Waals surface area contributed by atoms with Crippen LogP contribution in [0.1, 0.15) is 41.9 Å². The molecule has 1 aromatic carbocycles. The molecule has 1 amide bonds. The highest BCUT2D eigenvalue weighted by Crippen LogP contribution is 2.27. The van der Waals surface area contributed by atoms with Crippen molar-refractivity contribution < 1.29 is 9.53 Å². The second kappa shape index (κ2) is 7.50. The van der Waals surface area contributed by atoms with Gasteiger partial charge in [-0.1, -0.05) is 0 Å². The molecule has 1 aliphatic rings. The van der Waals surface area contributed by atoms with Crippen LogP contribution in [0.5, 0.6) is 5.75 Å². The van der Waals surface area contributed by atoms with Gasteiger partial charge >= 0.3 is 0 Å². The summed E-state index contributed by atoms with van der Waals surface area (Å²) in [5, 5.41) is 0.459. The summed E-state index contributed by atoms with van der Waals surface area (Å²) in [6, 6.07) is 5.23. The van der Waals surface area contributed by atoms with Gasteiger partial charge in [0, 0.05) is 55.0 Å². The van der Waals surface area contributed by atoms with Gasteiger partial charge in [-0.05, 0) is 38.0 Å². The summed E-state index contributed by atoms with van der Waals surface area (Å²) >= 11 is 0. The van der Waals surface area contributed by atoms with E-state index in [1.807, 2.05) is 6.20 Å². The number of nitrogens with zero attached hydrogens (tertiary/aromatic N) is 3. The largest absolute Gasteiger partial charge is 0.497 e. The molecule has 7 nitrogen and oxygen atoms in total. The summed E-state index contributed by atoms with van der Waals surface area (Å²) in [5.41, 5.74) is 0.582. The molecule has 1 N–H and O–H groups in total. The molecule has 7 heteroatoms. The van der Waals surface area contributed by atoms with Crippen molar-refractivity contribution in [1.82, 2.24) is 19.4 Å². The Morgan fingerprint density at radius 1 is 1.39 bits per heavy atom. The lowest BCUT2D eigenvalue weighted by Gasteiger charge is -2.32. The quantitative estimate of drug-likeness (QED) is 0.755. The van der Waals surface area contributed by atoms with Crippen LogP contribution in [0.3, 0.4) is 0 Å². The van der Waals surface area contributed by atoms with Crippen molar-refractivity contribution in [2.24, 2.45) is 0 Å². The number of aryl methyl sites for hydroxylation is 1. The molecule has 0 radical (unpaired) electrons. The summed E-state index contributed by atoms with van der Waals surface area (Å²) in [6.45, 7) is 4.16. The average Bonchev–Trinajstić information content (AvgIpc) is 3.22. The van der Waals surface area contributed by atoms with E-state index in [1.165, 1.54) is 6.20 Å². The van der Waals surface area contributed by atoms with Gasteiger partial charge < -0.3 is 19.2 Å². The number of amides is 1. The van der Waals surface area contributed by atoms with E-state index in [2.05, 4.69) is 21.5 Å². The summed E-state index contributed by atoms with van der Waals surface area (Å²) in [5.74, 6) is 1.56. The maximum absolute atomic E-state index is 13.1. The number of nitrogens with one attached hydrogen (secondary N) is 1. The molecule has 3 aromatic rings. The lowest BCUT2D eigenvalue weighted by molar-refractivity contribution is 0.0702. The van der Waals surface area contributed by atoms with Gasteiger partial charge in [0.15, 0.2) is 0 Å². The zero-order valence-electron chi connectivity index (χ0n) is 16.1. The van der Waals surface area contributed by atoms with Crippen LogP contribution < -0.4 is 10.2 Å². The van der Waals surface area contributed by atoms with E-state index in [4.69, 9.17) is 4.74 Å². The summed E-state index contributed by atoms with van der Waals surface area (Å²) < 4.78 is 7.33. The van der Waals surface area contributed by atoms with Gasteiger partial charge in [0.25, 0.3) is 5.91 Å². The van der Waals surface area contributed by atoms with Gasteiger partial charge in [0.1, 0.15) is 17.1 Å². The molecule has 1 atom stereocenters. The van der Waals surface area contributed by atoms with Gasteiger partial charge in [-0.3, -0.25) is 9.59 Å².